The smallest absolute Gasteiger partial charge is 0.289 e. The Morgan fingerprint density at radius 1 is 0.973 bits per heavy atom. The molecule has 0 saturated carbocycles. The normalized spacial score (nSPS) is 13.6. The van der Waals surface area contributed by atoms with E-state index in [0.717, 1.165) is 65.3 Å². The first-order valence-electron chi connectivity index (χ1n) is 12.7. The molecule has 4 aromatic rings. The fourth-order valence-electron chi connectivity index (χ4n) is 5.02. The Labute approximate surface area is 217 Å². The molecule has 1 aliphatic rings. The number of para-hydroxylation sites is 1. The average molecular weight is 500 g/mol. The molecule has 0 atom stereocenters. The van der Waals surface area contributed by atoms with Gasteiger partial charge in [0.2, 0.25) is 5.82 Å². The number of carbonyl (C=O) groups is 1. The Balaban J connectivity index is 1.57. The average Bonchev–Trinajstić information content (AvgIpc) is 3.21. The minimum atomic E-state index is -0.325. The molecule has 1 saturated heterocycles. The van der Waals surface area contributed by atoms with Gasteiger partial charge < -0.3 is 19.7 Å². The molecule has 1 aliphatic heterocycles. The number of hydrogen-bond donors (Lipinski definition) is 1. The predicted molar refractivity (Wildman–Crippen MR) is 145 cm³/mol. The molecule has 0 bridgehead atoms. The molecule has 1 amide bonds. The summed E-state index contributed by atoms with van der Waals surface area (Å²) in [5.41, 5.74) is 4.83. The summed E-state index contributed by atoms with van der Waals surface area (Å²) in [4.78, 5) is 25.4. The minimum Gasteiger partial charge on any atom is -0.497 e. The number of aromatic nitrogens is 3. The van der Waals surface area contributed by atoms with Gasteiger partial charge in [0.1, 0.15) is 17.3 Å². The predicted octanol–water partition coefficient (Wildman–Crippen LogP) is 4.97. The van der Waals surface area contributed by atoms with Crippen LogP contribution < -0.4 is 19.7 Å². The molecular weight excluding hydrogens is 466 g/mol. The molecule has 8 heteroatoms. The van der Waals surface area contributed by atoms with Crippen LogP contribution in [0, 0.1) is 13.8 Å². The molecule has 1 N–H and O–H groups in total. The zero-order chi connectivity index (χ0) is 25.9. The highest BCUT2D eigenvalue weighted by molar-refractivity contribution is 5.98. The first kappa shape index (κ1) is 24.6. The maximum Gasteiger partial charge on any atom is 0.289 e. The number of amides is 1. The Hall–Kier alpha value is -4.07. The van der Waals surface area contributed by atoms with E-state index in [1.165, 1.54) is 6.42 Å². The van der Waals surface area contributed by atoms with Crippen molar-refractivity contribution in [3.63, 3.8) is 0 Å². The van der Waals surface area contributed by atoms with Gasteiger partial charge in [0.05, 0.1) is 19.6 Å². The fourth-order valence-corrected chi connectivity index (χ4v) is 5.02. The lowest BCUT2D eigenvalue weighted by atomic mass is 10.1. The van der Waals surface area contributed by atoms with Crippen LogP contribution in [0.25, 0.3) is 16.7 Å². The molecule has 5 rings (SSSR count). The van der Waals surface area contributed by atoms with E-state index in [1.54, 1.807) is 20.3 Å². The van der Waals surface area contributed by atoms with Crippen molar-refractivity contribution in [1.29, 1.82) is 0 Å². The third-order valence-corrected chi connectivity index (χ3v) is 7.14. The van der Waals surface area contributed by atoms with Crippen LogP contribution in [0.5, 0.6) is 11.5 Å². The number of piperidine rings is 1. The molecule has 0 radical (unpaired) electrons. The van der Waals surface area contributed by atoms with Crippen molar-refractivity contribution >= 4 is 22.8 Å². The Morgan fingerprint density at radius 3 is 2.43 bits per heavy atom. The van der Waals surface area contributed by atoms with Gasteiger partial charge >= 0.3 is 0 Å². The van der Waals surface area contributed by atoms with Gasteiger partial charge in [-0.05, 0) is 62.9 Å². The van der Waals surface area contributed by atoms with Crippen molar-refractivity contribution in [1.82, 2.24) is 19.9 Å². The van der Waals surface area contributed by atoms with Crippen LogP contribution in [0.15, 0.2) is 48.5 Å². The summed E-state index contributed by atoms with van der Waals surface area (Å²) >= 11 is 0. The van der Waals surface area contributed by atoms with Gasteiger partial charge in [-0.15, -0.1) is 0 Å². The third kappa shape index (κ3) is 4.71. The molecule has 37 heavy (non-hydrogen) atoms. The van der Waals surface area contributed by atoms with Gasteiger partial charge in [-0.2, -0.15) is 0 Å². The lowest BCUT2D eigenvalue weighted by molar-refractivity contribution is 0.0940. The van der Waals surface area contributed by atoms with E-state index in [-0.39, 0.29) is 18.3 Å². The largest absolute Gasteiger partial charge is 0.497 e. The number of benzene rings is 2. The number of hydrogen-bond acceptors (Lipinski definition) is 6. The molecule has 1 fully saturated rings. The first-order chi connectivity index (χ1) is 18.0. The van der Waals surface area contributed by atoms with E-state index in [1.807, 2.05) is 30.3 Å². The van der Waals surface area contributed by atoms with Crippen molar-refractivity contribution < 1.29 is 14.3 Å². The number of carbonyl (C=O) groups excluding carboxylic acids is 1. The second-order valence-corrected chi connectivity index (χ2v) is 9.36. The van der Waals surface area contributed by atoms with Crippen molar-refractivity contribution in [3.05, 3.63) is 71.2 Å². The van der Waals surface area contributed by atoms with Gasteiger partial charge in [-0.3, -0.25) is 9.36 Å². The van der Waals surface area contributed by atoms with Crippen molar-refractivity contribution in [3.8, 4) is 17.2 Å². The molecule has 2 aromatic heterocycles. The maximum atomic E-state index is 13.4. The number of nitrogens with one attached hydrogen (secondary N) is 1. The van der Waals surface area contributed by atoms with E-state index in [0.29, 0.717) is 11.5 Å². The van der Waals surface area contributed by atoms with Gasteiger partial charge in [0.15, 0.2) is 5.65 Å². The highest BCUT2D eigenvalue weighted by atomic mass is 16.5. The lowest BCUT2D eigenvalue weighted by Crippen LogP contribution is -2.32. The van der Waals surface area contributed by atoms with Crippen LogP contribution >= 0.6 is 0 Å². The molecule has 192 valence electrons. The second kappa shape index (κ2) is 10.5. The van der Waals surface area contributed by atoms with Crippen molar-refractivity contribution in [2.24, 2.45) is 0 Å². The van der Waals surface area contributed by atoms with Gasteiger partial charge in [-0.1, -0.05) is 18.2 Å². The van der Waals surface area contributed by atoms with Crippen LogP contribution in [0.1, 0.15) is 46.7 Å². The summed E-state index contributed by atoms with van der Waals surface area (Å²) < 4.78 is 12.9. The van der Waals surface area contributed by atoms with E-state index >= 15 is 0 Å². The van der Waals surface area contributed by atoms with E-state index < -0.39 is 0 Å². The van der Waals surface area contributed by atoms with Crippen LogP contribution in [0.4, 0.5) is 5.82 Å². The second-order valence-electron chi connectivity index (χ2n) is 9.36. The molecule has 0 aliphatic carbocycles. The Kier molecular flexibility index (Phi) is 6.99. The molecular formula is C29H33N5O3. The first-order valence-corrected chi connectivity index (χ1v) is 12.7. The Morgan fingerprint density at radius 2 is 1.73 bits per heavy atom. The number of anilines is 1. The number of rotatable bonds is 7. The topological polar surface area (TPSA) is 81.5 Å². The summed E-state index contributed by atoms with van der Waals surface area (Å²) in [6.07, 6.45) is 3.44. The summed E-state index contributed by atoms with van der Waals surface area (Å²) in [7, 11) is 3.21. The van der Waals surface area contributed by atoms with E-state index in [4.69, 9.17) is 19.4 Å². The number of fused-ring (bicyclic) bond motifs is 1. The molecule has 0 unspecified atom stereocenters. The molecule has 2 aromatic carbocycles. The van der Waals surface area contributed by atoms with Crippen LogP contribution in [-0.2, 0) is 6.54 Å². The highest BCUT2D eigenvalue weighted by Gasteiger charge is 2.25. The quantitative estimate of drug-likeness (QED) is 0.387. The van der Waals surface area contributed by atoms with Gasteiger partial charge in [-0.25, -0.2) is 9.97 Å². The van der Waals surface area contributed by atoms with Gasteiger partial charge in [0.25, 0.3) is 5.91 Å². The molecule has 8 nitrogen and oxygen atoms in total. The van der Waals surface area contributed by atoms with Crippen LogP contribution in [0.2, 0.25) is 0 Å². The van der Waals surface area contributed by atoms with Crippen molar-refractivity contribution in [2.45, 2.75) is 39.7 Å². The minimum absolute atomic E-state index is 0.162. The zero-order valence-corrected chi connectivity index (χ0v) is 21.9. The summed E-state index contributed by atoms with van der Waals surface area (Å²) in [5.74, 6) is 2.02. The number of methoxy groups -OCH3 is 2. The van der Waals surface area contributed by atoms with Gasteiger partial charge in [0, 0.05) is 42.6 Å². The Bertz CT molecular complexity index is 1430. The summed E-state index contributed by atoms with van der Waals surface area (Å²) in [6, 6.07) is 15.7. The molecule has 3 heterocycles. The van der Waals surface area contributed by atoms with Crippen LogP contribution in [0.3, 0.4) is 0 Å². The van der Waals surface area contributed by atoms with E-state index in [9.17, 15) is 4.79 Å². The third-order valence-electron chi connectivity index (χ3n) is 7.14. The SMILES string of the molecule is COc1ccc(CNC(=O)c2nc(N3CCCCC3)c3c(C)c(C)n(-c4ccccc4)c3n2)c(OC)c1. The number of ether oxygens (including phenoxy) is 2. The number of nitrogens with zero attached hydrogens (tertiary/aromatic N) is 4. The highest BCUT2D eigenvalue weighted by Crippen LogP contribution is 2.35. The standard InChI is InChI=1S/C29H33N5O3/c1-19-20(2)34(22-11-7-5-8-12-22)28-25(19)27(33-15-9-6-10-16-33)31-26(32-28)29(35)30-18-21-13-14-23(36-3)17-24(21)37-4/h5,7-8,11-14,17H,6,9-10,15-16,18H2,1-4H3,(H,30,35). The van der Waals surface area contributed by atoms with E-state index in [2.05, 4.69) is 40.8 Å². The maximum absolute atomic E-state index is 13.4. The fraction of sp³-hybridized carbons (Fsp3) is 0.345. The summed E-state index contributed by atoms with van der Waals surface area (Å²) in [5, 5.41) is 4.00. The monoisotopic (exact) mass is 499 g/mol. The zero-order valence-electron chi connectivity index (χ0n) is 21.9. The van der Waals surface area contributed by atoms with Crippen LogP contribution in [-0.4, -0.2) is 47.8 Å². The lowest BCUT2D eigenvalue weighted by Gasteiger charge is -2.28. The summed E-state index contributed by atoms with van der Waals surface area (Å²) in [6.45, 7) is 6.34. The number of aryl methyl sites for hydroxylation is 1. The van der Waals surface area contributed by atoms with Crippen molar-refractivity contribution in [2.75, 3.05) is 32.2 Å². The molecule has 0 spiro atoms.